The molecule has 25 heavy (non-hydrogen) atoms. The van der Waals surface area contributed by atoms with Gasteiger partial charge in [0.05, 0.1) is 12.1 Å². The topological polar surface area (TPSA) is 99.1 Å². The summed E-state index contributed by atoms with van der Waals surface area (Å²) in [6, 6.07) is 14.8. The van der Waals surface area contributed by atoms with E-state index >= 15 is 0 Å². The van der Waals surface area contributed by atoms with Crippen LogP contribution < -0.4 is 4.74 Å². The zero-order valence-electron chi connectivity index (χ0n) is 13.2. The minimum Gasteiger partial charge on any atom is -0.491 e. The molecular weight excluding hydrogens is 322 g/mol. The van der Waals surface area contributed by atoms with Crippen LogP contribution in [-0.4, -0.2) is 43.0 Å². The van der Waals surface area contributed by atoms with Gasteiger partial charge in [-0.15, -0.1) is 15.3 Å². The van der Waals surface area contributed by atoms with Crippen LogP contribution in [0.5, 0.6) is 5.75 Å². The SMILES string of the molecule is OC(COc1ccc(-c2nnco2)cc1)Cn1nnc2ccccc21. The second-order valence-electron chi connectivity index (χ2n) is 5.49. The average Bonchev–Trinajstić information content (AvgIpc) is 3.31. The van der Waals surface area contributed by atoms with Crippen molar-refractivity contribution in [2.45, 2.75) is 12.6 Å². The number of aliphatic hydroxyl groups is 1. The first-order chi connectivity index (χ1) is 12.3. The molecule has 8 heteroatoms. The number of rotatable bonds is 6. The van der Waals surface area contributed by atoms with E-state index in [1.165, 1.54) is 6.39 Å². The van der Waals surface area contributed by atoms with E-state index in [1.54, 1.807) is 16.8 Å². The Labute approximate surface area is 142 Å². The summed E-state index contributed by atoms with van der Waals surface area (Å²) in [5.74, 6) is 1.09. The summed E-state index contributed by atoms with van der Waals surface area (Å²) in [6.07, 6.45) is 0.574. The Morgan fingerprint density at radius 3 is 2.72 bits per heavy atom. The quantitative estimate of drug-likeness (QED) is 0.574. The van der Waals surface area contributed by atoms with Gasteiger partial charge in [0, 0.05) is 5.56 Å². The molecule has 0 saturated carbocycles. The molecule has 1 unspecified atom stereocenters. The molecule has 0 fully saturated rings. The Morgan fingerprint density at radius 2 is 1.92 bits per heavy atom. The summed E-state index contributed by atoms with van der Waals surface area (Å²) in [4.78, 5) is 0. The van der Waals surface area contributed by atoms with Crippen molar-refractivity contribution in [1.82, 2.24) is 25.2 Å². The summed E-state index contributed by atoms with van der Waals surface area (Å²) in [5.41, 5.74) is 2.48. The van der Waals surface area contributed by atoms with Crippen molar-refractivity contribution in [3.8, 4) is 17.2 Å². The van der Waals surface area contributed by atoms with Crippen LogP contribution in [0.15, 0.2) is 59.3 Å². The number of aromatic nitrogens is 5. The second kappa shape index (κ2) is 6.70. The van der Waals surface area contributed by atoms with Crippen molar-refractivity contribution in [2.24, 2.45) is 0 Å². The van der Waals surface area contributed by atoms with Gasteiger partial charge in [-0.25, -0.2) is 4.68 Å². The normalized spacial score (nSPS) is 12.4. The van der Waals surface area contributed by atoms with Gasteiger partial charge in [0.1, 0.15) is 24.0 Å². The van der Waals surface area contributed by atoms with Crippen molar-refractivity contribution in [2.75, 3.05) is 6.61 Å². The van der Waals surface area contributed by atoms with Gasteiger partial charge in [-0.3, -0.25) is 0 Å². The maximum absolute atomic E-state index is 10.2. The first-order valence-corrected chi connectivity index (χ1v) is 7.75. The first kappa shape index (κ1) is 15.3. The molecule has 2 aromatic carbocycles. The Morgan fingerprint density at radius 1 is 1.08 bits per heavy atom. The van der Waals surface area contributed by atoms with Crippen molar-refractivity contribution in [1.29, 1.82) is 0 Å². The minimum atomic E-state index is -0.708. The third kappa shape index (κ3) is 3.33. The fourth-order valence-corrected chi connectivity index (χ4v) is 2.49. The van der Waals surface area contributed by atoms with Crippen LogP contribution in [-0.2, 0) is 6.54 Å². The Bertz CT molecular complexity index is 950. The Balaban J connectivity index is 1.36. The van der Waals surface area contributed by atoms with Crippen LogP contribution in [0.3, 0.4) is 0 Å². The molecule has 1 atom stereocenters. The molecule has 0 aliphatic heterocycles. The van der Waals surface area contributed by atoms with E-state index < -0.39 is 6.10 Å². The van der Waals surface area contributed by atoms with Gasteiger partial charge in [-0.2, -0.15) is 0 Å². The number of ether oxygens (including phenoxy) is 1. The van der Waals surface area contributed by atoms with Crippen LogP contribution in [0, 0.1) is 0 Å². The van der Waals surface area contributed by atoms with Crippen molar-refractivity contribution < 1.29 is 14.3 Å². The molecule has 0 bridgehead atoms. The summed E-state index contributed by atoms with van der Waals surface area (Å²) in [5, 5.41) is 25.8. The minimum absolute atomic E-state index is 0.147. The zero-order valence-corrected chi connectivity index (χ0v) is 13.2. The molecule has 126 valence electrons. The molecule has 0 saturated heterocycles. The average molecular weight is 337 g/mol. The molecule has 0 amide bonds. The molecule has 0 spiro atoms. The molecular formula is C17H15N5O3. The predicted molar refractivity (Wildman–Crippen MR) is 88.8 cm³/mol. The molecule has 2 heterocycles. The monoisotopic (exact) mass is 337 g/mol. The highest BCUT2D eigenvalue weighted by atomic mass is 16.5. The lowest BCUT2D eigenvalue weighted by Crippen LogP contribution is -2.24. The van der Waals surface area contributed by atoms with Crippen molar-refractivity contribution in [3.05, 3.63) is 54.9 Å². The molecule has 0 radical (unpaired) electrons. The molecule has 1 N–H and O–H groups in total. The second-order valence-corrected chi connectivity index (χ2v) is 5.49. The molecule has 4 aromatic rings. The van der Waals surface area contributed by atoms with Gasteiger partial charge in [0.15, 0.2) is 0 Å². The Kier molecular flexibility index (Phi) is 4.09. The largest absolute Gasteiger partial charge is 0.491 e. The summed E-state index contributed by atoms with van der Waals surface area (Å²) >= 11 is 0. The standard InChI is InChI=1S/C17H15N5O3/c23-13(9-22-16-4-2-1-3-15(16)19-21-22)10-24-14-7-5-12(6-8-14)17-20-18-11-25-17/h1-8,11,13,23H,9-10H2. The highest BCUT2D eigenvalue weighted by Gasteiger charge is 2.11. The number of nitrogens with zero attached hydrogens (tertiary/aromatic N) is 5. The van der Waals surface area contributed by atoms with Gasteiger partial charge < -0.3 is 14.3 Å². The number of aliphatic hydroxyl groups excluding tert-OH is 1. The van der Waals surface area contributed by atoms with Gasteiger partial charge in [-0.05, 0) is 36.4 Å². The van der Waals surface area contributed by atoms with E-state index in [1.807, 2.05) is 36.4 Å². The fourth-order valence-electron chi connectivity index (χ4n) is 2.49. The third-order valence-corrected chi connectivity index (χ3v) is 3.71. The molecule has 8 nitrogen and oxygen atoms in total. The number of hydrogen-bond donors (Lipinski definition) is 1. The van der Waals surface area contributed by atoms with E-state index in [0.29, 0.717) is 18.2 Å². The van der Waals surface area contributed by atoms with Crippen LogP contribution in [0.2, 0.25) is 0 Å². The number of hydrogen-bond acceptors (Lipinski definition) is 7. The lowest BCUT2D eigenvalue weighted by Gasteiger charge is -2.12. The van der Waals surface area contributed by atoms with Crippen molar-refractivity contribution >= 4 is 11.0 Å². The van der Waals surface area contributed by atoms with Crippen LogP contribution >= 0.6 is 0 Å². The Hall–Kier alpha value is -3.26. The number of para-hydroxylation sites is 1. The number of benzene rings is 2. The van der Waals surface area contributed by atoms with Gasteiger partial charge in [0.25, 0.3) is 0 Å². The molecule has 4 rings (SSSR count). The highest BCUT2D eigenvalue weighted by Crippen LogP contribution is 2.20. The predicted octanol–water partition coefficient (Wildman–Crippen LogP) is 1.92. The number of fused-ring (bicyclic) bond motifs is 1. The van der Waals surface area contributed by atoms with Crippen LogP contribution in [0.4, 0.5) is 0 Å². The van der Waals surface area contributed by atoms with Gasteiger partial charge in [0.2, 0.25) is 12.3 Å². The van der Waals surface area contributed by atoms with E-state index in [2.05, 4.69) is 20.5 Å². The lowest BCUT2D eigenvalue weighted by molar-refractivity contribution is 0.0899. The van der Waals surface area contributed by atoms with E-state index in [9.17, 15) is 5.11 Å². The van der Waals surface area contributed by atoms with Crippen LogP contribution in [0.25, 0.3) is 22.5 Å². The maximum atomic E-state index is 10.2. The van der Waals surface area contributed by atoms with Gasteiger partial charge in [-0.1, -0.05) is 17.3 Å². The summed E-state index contributed by atoms with van der Waals surface area (Å²) in [7, 11) is 0. The molecule has 0 aliphatic carbocycles. The highest BCUT2D eigenvalue weighted by molar-refractivity contribution is 5.73. The molecule has 0 aliphatic rings. The smallest absolute Gasteiger partial charge is 0.247 e. The molecule has 2 aromatic heterocycles. The summed E-state index contributed by atoms with van der Waals surface area (Å²) in [6.45, 7) is 0.453. The van der Waals surface area contributed by atoms with E-state index in [0.717, 1.165) is 16.6 Å². The van der Waals surface area contributed by atoms with E-state index in [4.69, 9.17) is 9.15 Å². The van der Waals surface area contributed by atoms with Gasteiger partial charge >= 0.3 is 0 Å². The zero-order chi connectivity index (χ0) is 17.1. The summed E-state index contributed by atoms with van der Waals surface area (Å²) < 4.78 is 12.4. The first-order valence-electron chi connectivity index (χ1n) is 7.75. The lowest BCUT2D eigenvalue weighted by atomic mass is 10.2. The van der Waals surface area contributed by atoms with E-state index in [-0.39, 0.29) is 6.61 Å². The third-order valence-electron chi connectivity index (χ3n) is 3.71. The fraction of sp³-hybridized carbons (Fsp3) is 0.176. The van der Waals surface area contributed by atoms with Crippen molar-refractivity contribution in [3.63, 3.8) is 0 Å². The van der Waals surface area contributed by atoms with Crippen LogP contribution in [0.1, 0.15) is 0 Å². The maximum Gasteiger partial charge on any atom is 0.247 e.